The van der Waals surface area contributed by atoms with Gasteiger partial charge in [0.05, 0.1) is 0 Å². The Labute approximate surface area is 136 Å². The van der Waals surface area contributed by atoms with Gasteiger partial charge < -0.3 is 0 Å². The molecule has 2 heteroatoms. The van der Waals surface area contributed by atoms with Gasteiger partial charge in [-0.2, -0.15) is 0 Å². The number of aryl methyl sites for hydroxylation is 2. The number of hydrogen-bond donors (Lipinski definition) is 0. The first kappa shape index (κ1) is 12.6. The predicted molar refractivity (Wildman–Crippen MR) is 102 cm³/mol. The molecule has 0 unspecified atom stereocenters. The molecule has 0 atom stereocenters. The lowest BCUT2D eigenvalue weighted by Crippen LogP contribution is -1.80. The van der Waals surface area contributed by atoms with Gasteiger partial charge in [-0.25, -0.2) is 0 Å². The molecule has 22 heavy (non-hydrogen) atoms. The number of rotatable bonds is 0. The molecule has 3 aromatic carbocycles. The summed E-state index contributed by atoms with van der Waals surface area (Å²) in [4.78, 5) is 0. The summed E-state index contributed by atoms with van der Waals surface area (Å²) in [6.07, 6.45) is 0. The fourth-order valence-electron chi connectivity index (χ4n) is 3.54. The topological polar surface area (TPSA) is 0 Å². The van der Waals surface area contributed by atoms with Crippen molar-refractivity contribution in [2.24, 2.45) is 0 Å². The van der Waals surface area contributed by atoms with Crippen LogP contribution in [0.5, 0.6) is 0 Å². The van der Waals surface area contributed by atoms with E-state index in [9.17, 15) is 0 Å². The molecule has 2 aromatic heterocycles. The van der Waals surface area contributed by atoms with Crippen LogP contribution in [-0.2, 0) is 0 Å². The Morgan fingerprint density at radius 2 is 1.09 bits per heavy atom. The molecule has 0 fully saturated rings. The number of hydrogen-bond acceptors (Lipinski definition) is 2. The normalized spacial score (nSPS) is 12.1. The first-order chi connectivity index (χ1) is 10.7. The molecule has 0 N–H and O–H groups in total. The van der Waals surface area contributed by atoms with Crippen LogP contribution in [0.1, 0.15) is 11.1 Å². The molecule has 2 heterocycles. The van der Waals surface area contributed by atoms with Crippen molar-refractivity contribution in [3.63, 3.8) is 0 Å². The Morgan fingerprint density at radius 1 is 0.636 bits per heavy atom. The lowest BCUT2D eigenvalue weighted by molar-refractivity contribution is 1.61. The third-order valence-electron chi connectivity index (χ3n) is 4.60. The SMILES string of the molecule is Cc1csc2ccc3cc4c(ccc5scc(C)c54)cc3c12. The molecule has 5 aromatic rings. The molecule has 106 valence electrons. The minimum atomic E-state index is 1.35. The Kier molecular flexibility index (Phi) is 2.47. The third kappa shape index (κ3) is 1.57. The second-order valence-electron chi connectivity index (χ2n) is 6.01. The predicted octanol–water partition coefficient (Wildman–Crippen LogP) is 7.04. The molecule has 0 saturated heterocycles. The van der Waals surface area contributed by atoms with Crippen LogP contribution in [-0.4, -0.2) is 0 Å². The average Bonchev–Trinajstić information content (AvgIpc) is 3.09. The fraction of sp³-hybridized carbons (Fsp3) is 0.100. The number of thiophene rings is 2. The van der Waals surface area contributed by atoms with Crippen molar-refractivity contribution in [2.45, 2.75) is 13.8 Å². The van der Waals surface area contributed by atoms with E-state index in [1.807, 2.05) is 22.7 Å². The van der Waals surface area contributed by atoms with Crippen molar-refractivity contribution < 1.29 is 0 Å². The summed E-state index contributed by atoms with van der Waals surface area (Å²) in [5.74, 6) is 0. The lowest BCUT2D eigenvalue weighted by Gasteiger charge is -2.07. The van der Waals surface area contributed by atoms with Gasteiger partial charge in [0.1, 0.15) is 0 Å². The summed E-state index contributed by atoms with van der Waals surface area (Å²) in [5.41, 5.74) is 2.77. The summed E-state index contributed by atoms with van der Waals surface area (Å²) >= 11 is 3.68. The van der Waals surface area contributed by atoms with Crippen LogP contribution in [0.25, 0.3) is 41.7 Å². The van der Waals surface area contributed by atoms with E-state index in [0.29, 0.717) is 0 Å². The first-order valence-electron chi connectivity index (χ1n) is 7.43. The van der Waals surface area contributed by atoms with Crippen molar-refractivity contribution >= 4 is 64.4 Å². The van der Waals surface area contributed by atoms with Crippen LogP contribution in [0.4, 0.5) is 0 Å². The van der Waals surface area contributed by atoms with Gasteiger partial charge in [-0.15, -0.1) is 22.7 Å². The summed E-state index contributed by atoms with van der Waals surface area (Å²) in [6.45, 7) is 4.43. The molecule has 0 radical (unpaired) electrons. The van der Waals surface area contributed by atoms with Gasteiger partial charge in [0.15, 0.2) is 0 Å². The highest BCUT2D eigenvalue weighted by Crippen LogP contribution is 2.38. The molecule has 0 amide bonds. The molecule has 0 nitrogen and oxygen atoms in total. The summed E-state index contributed by atoms with van der Waals surface area (Å²) in [6, 6.07) is 13.8. The molecular weight excluding hydrogens is 304 g/mol. The highest BCUT2D eigenvalue weighted by molar-refractivity contribution is 7.17. The van der Waals surface area contributed by atoms with Gasteiger partial charge in [-0.3, -0.25) is 0 Å². The minimum Gasteiger partial charge on any atom is -0.144 e. The number of fused-ring (bicyclic) bond motifs is 6. The zero-order valence-electron chi connectivity index (χ0n) is 12.4. The zero-order chi connectivity index (χ0) is 14.8. The van der Waals surface area contributed by atoms with Crippen molar-refractivity contribution in [3.05, 3.63) is 58.3 Å². The Hall–Kier alpha value is -1.90. The minimum absolute atomic E-state index is 1.35. The Morgan fingerprint density at radius 3 is 1.55 bits per heavy atom. The third-order valence-corrected chi connectivity index (χ3v) is 6.73. The summed E-state index contributed by atoms with van der Waals surface area (Å²) < 4.78 is 2.77. The van der Waals surface area contributed by atoms with Crippen LogP contribution in [0.2, 0.25) is 0 Å². The van der Waals surface area contributed by atoms with E-state index in [0.717, 1.165) is 0 Å². The van der Waals surface area contributed by atoms with Gasteiger partial charge in [-0.05, 0) is 81.5 Å². The maximum Gasteiger partial charge on any atom is 0.0351 e. The van der Waals surface area contributed by atoms with Gasteiger partial charge in [0.2, 0.25) is 0 Å². The van der Waals surface area contributed by atoms with Crippen molar-refractivity contribution in [1.29, 1.82) is 0 Å². The molecule has 0 aliphatic heterocycles. The van der Waals surface area contributed by atoms with Gasteiger partial charge in [0, 0.05) is 20.2 Å². The van der Waals surface area contributed by atoms with E-state index < -0.39 is 0 Å². The van der Waals surface area contributed by atoms with E-state index in [2.05, 4.69) is 61.0 Å². The second kappa shape index (κ2) is 4.31. The summed E-state index contributed by atoms with van der Waals surface area (Å²) in [7, 11) is 0. The van der Waals surface area contributed by atoms with Crippen molar-refractivity contribution in [2.75, 3.05) is 0 Å². The van der Waals surface area contributed by atoms with E-state index in [1.165, 1.54) is 52.8 Å². The van der Waals surface area contributed by atoms with Gasteiger partial charge in [0.25, 0.3) is 0 Å². The van der Waals surface area contributed by atoms with Crippen LogP contribution >= 0.6 is 22.7 Å². The molecular formula is C20H14S2. The van der Waals surface area contributed by atoms with Crippen LogP contribution in [0, 0.1) is 13.8 Å². The maximum absolute atomic E-state index is 2.38. The van der Waals surface area contributed by atoms with Gasteiger partial charge >= 0.3 is 0 Å². The molecule has 5 rings (SSSR count). The molecule has 0 bridgehead atoms. The van der Waals surface area contributed by atoms with Crippen LogP contribution in [0.3, 0.4) is 0 Å². The van der Waals surface area contributed by atoms with Crippen molar-refractivity contribution in [3.8, 4) is 0 Å². The Balaban J connectivity index is 2.06. The van der Waals surface area contributed by atoms with E-state index in [1.54, 1.807) is 0 Å². The van der Waals surface area contributed by atoms with E-state index >= 15 is 0 Å². The van der Waals surface area contributed by atoms with Crippen LogP contribution < -0.4 is 0 Å². The van der Waals surface area contributed by atoms with Crippen LogP contribution in [0.15, 0.2) is 47.2 Å². The summed E-state index contributed by atoms with van der Waals surface area (Å²) in [5, 5.41) is 12.8. The molecule has 0 saturated carbocycles. The quantitative estimate of drug-likeness (QED) is 0.269. The largest absolute Gasteiger partial charge is 0.144 e. The average molecular weight is 318 g/mol. The highest BCUT2D eigenvalue weighted by Gasteiger charge is 2.10. The van der Waals surface area contributed by atoms with E-state index in [4.69, 9.17) is 0 Å². The van der Waals surface area contributed by atoms with Crippen molar-refractivity contribution in [1.82, 2.24) is 0 Å². The highest BCUT2D eigenvalue weighted by atomic mass is 32.1. The molecule has 0 aliphatic rings. The zero-order valence-corrected chi connectivity index (χ0v) is 14.1. The smallest absolute Gasteiger partial charge is 0.0351 e. The second-order valence-corrected chi connectivity index (χ2v) is 7.83. The first-order valence-corrected chi connectivity index (χ1v) is 9.19. The fourth-order valence-corrected chi connectivity index (χ4v) is 5.45. The molecule has 0 spiro atoms. The lowest BCUT2D eigenvalue weighted by atomic mass is 9.97. The maximum atomic E-state index is 2.38. The van der Waals surface area contributed by atoms with Gasteiger partial charge in [-0.1, -0.05) is 12.1 Å². The Bertz CT molecular complexity index is 1090. The van der Waals surface area contributed by atoms with E-state index in [-0.39, 0.29) is 0 Å². The monoisotopic (exact) mass is 318 g/mol. The molecule has 0 aliphatic carbocycles. The number of benzene rings is 3. The standard InChI is InChI=1S/C20H14S2/c1-11-9-21-17-5-3-13-8-16-14(7-15(13)19(11)17)4-6-18-20(16)12(2)10-22-18/h3-10H,1-2H3.